The molecule has 0 unspecified atom stereocenters. The first-order valence-corrected chi connectivity index (χ1v) is 29.9. The second-order valence-corrected chi connectivity index (χ2v) is 23.9. The maximum Gasteiger partial charge on any atom is 0.407 e. The van der Waals surface area contributed by atoms with Crippen molar-refractivity contribution in [3.63, 3.8) is 0 Å². The predicted octanol–water partition coefficient (Wildman–Crippen LogP) is 4.63. The van der Waals surface area contributed by atoms with Gasteiger partial charge in [0.2, 0.25) is 29.5 Å². The minimum atomic E-state index is -1.73. The molecule has 444 valence electrons. The molecule has 8 amide bonds. The maximum absolute atomic E-state index is 15.1. The molecule has 1 aliphatic carbocycles. The van der Waals surface area contributed by atoms with E-state index in [4.69, 9.17) is 4.74 Å². The number of aliphatic carboxylic acids is 1. The number of benzene rings is 4. The highest BCUT2D eigenvalue weighted by Gasteiger charge is 2.37. The molecule has 8 atom stereocenters. The molecular weight excluding hydrogens is 1100 g/mol. The van der Waals surface area contributed by atoms with Crippen LogP contribution < -0.4 is 42.5 Å². The van der Waals surface area contributed by atoms with Gasteiger partial charge in [-0.05, 0) is 105 Å². The van der Waals surface area contributed by atoms with Crippen molar-refractivity contribution in [2.75, 3.05) is 18.1 Å². The van der Waals surface area contributed by atoms with Crippen molar-refractivity contribution in [1.82, 2.24) is 42.5 Å². The Morgan fingerprint density at radius 2 is 1.35 bits per heavy atom. The third-order valence-electron chi connectivity index (χ3n) is 13.6. The maximum atomic E-state index is 15.1. The van der Waals surface area contributed by atoms with Crippen molar-refractivity contribution in [2.24, 2.45) is 5.92 Å². The lowest BCUT2D eigenvalue weighted by atomic mass is 9.90. The van der Waals surface area contributed by atoms with E-state index in [0.717, 1.165) is 38.3 Å². The van der Waals surface area contributed by atoms with E-state index in [9.17, 15) is 53.7 Å². The quantitative estimate of drug-likeness (QED) is 0.0478. The van der Waals surface area contributed by atoms with Crippen LogP contribution in [0.4, 0.5) is 9.59 Å². The summed E-state index contributed by atoms with van der Waals surface area (Å²) in [5.74, 6) is -8.21. The van der Waals surface area contributed by atoms with Crippen LogP contribution in [-0.4, -0.2) is 135 Å². The van der Waals surface area contributed by atoms with E-state index in [1.54, 1.807) is 63.2 Å². The number of phenols is 1. The third-order valence-corrected chi connectivity index (χ3v) is 16.0. The summed E-state index contributed by atoms with van der Waals surface area (Å²) in [7, 11) is 1.93. The molecule has 1 aliphatic heterocycles. The number of ketones is 1. The molecule has 0 radical (unpaired) electrons. The van der Waals surface area contributed by atoms with Crippen LogP contribution in [0, 0.1) is 5.92 Å². The second-order valence-electron chi connectivity index (χ2n) is 21.4. The van der Waals surface area contributed by atoms with Gasteiger partial charge in [-0.25, -0.2) is 14.4 Å². The molecule has 4 aromatic carbocycles. The van der Waals surface area contributed by atoms with Gasteiger partial charge < -0.3 is 62.6 Å². The molecule has 83 heavy (non-hydrogen) atoms. The molecule has 1 saturated heterocycles. The van der Waals surface area contributed by atoms with Crippen molar-refractivity contribution < 1.29 is 63.2 Å². The molecule has 4 aromatic rings. The first-order valence-electron chi connectivity index (χ1n) is 27.5. The molecule has 0 spiro atoms. The summed E-state index contributed by atoms with van der Waals surface area (Å²) >= 11 is 0. The van der Waals surface area contributed by atoms with Crippen molar-refractivity contribution in [2.45, 2.75) is 134 Å². The molecule has 21 nitrogen and oxygen atoms in total. The minimum Gasteiger partial charge on any atom is -0.508 e. The number of nitrogens with one attached hydrogen (secondary N) is 8. The highest BCUT2D eigenvalue weighted by Crippen LogP contribution is 2.31. The van der Waals surface area contributed by atoms with Gasteiger partial charge in [0.05, 0.1) is 12.1 Å². The molecule has 6 rings (SSSR count). The van der Waals surface area contributed by atoms with Crippen LogP contribution in [0.1, 0.15) is 87.6 Å². The van der Waals surface area contributed by atoms with Crippen LogP contribution in [0.5, 0.6) is 5.75 Å². The largest absolute Gasteiger partial charge is 0.508 e. The van der Waals surface area contributed by atoms with E-state index in [-0.39, 0.29) is 62.4 Å². The number of Topliss-reactive ketones (excluding diaryl/α,β-unsaturated/α-hetero) is 1. The van der Waals surface area contributed by atoms with E-state index in [1.807, 2.05) is 60.7 Å². The Morgan fingerprint density at radius 1 is 0.711 bits per heavy atom. The van der Waals surface area contributed by atoms with Crippen LogP contribution in [-0.2, 0) is 64.1 Å². The summed E-state index contributed by atoms with van der Waals surface area (Å²) in [6.45, 7) is 6.61. The number of hydrogen-bond acceptors (Lipinski definition) is 14. The molecule has 1 fully saturated rings. The topological polar surface area (TPSA) is 320 Å². The Morgan fingerprint density at radius 3 is 2.02 bits per heavy atom. The molecular formula is C60H74N8O13S2. The summed E-state index contributed by atoms with van der Waals surface area (Å²) in [6.07, 6.45) is -0.0608. The minimum absolute atomic E-state index is 0.00450. The van der Waals surface area contributed by atoms with Crippen molar-refractivity contribution in [3.05, 3.63) is 143 Å². The van der Waals surface area contributed by atoms with Gasteiger partial charge in [0.25, 0.3) is 0 Å². The number of unbranched alkanes of at least 4 members (excludes halogenated alkanes) is 1. The number of aromatic hydroxyl groups is 1. The number of hydrogen-bond donors (Lipinski definition) is 11. The van der Waals surface area contributed by atoms with Crippen molar-refractivity contribution in [1.29, 1.82) is 0 Å². The fraction of sp³-hybridized carbons (Fsp3) is 0.417. The summed E-state index contributed by atoms with van der Waals surface area (Å²) in [5, 5.41) is 52.9. The van der Waals surface area contributed by atoms with Crippen molar-refractivity contribution in [3.8, 4) is 5.75 Å². The van der Waals surface area contributed by atoms with Gasteiger partial charge in [0.15, 0.2) is 5.78 Å². The number of carbonyl (C=O) groups excluding carboxylic acids is 8. The number of carboxylic acid groups (broad SMARTS) is 1. The summed E-state index contributed by atoms with van der Waals surface area (Å²) in [4.78, 5) is 126. The summed E-state index contributed by atoms with van der Waals surface area (Å²) < 4.78 is 5.33. The first kappa shape index (κ1) is 64.3. The molecule has 0 bridgehead atoms. The number of carbonyl (C=O) groups is 9. The SMILES string of the molecule is C[C@@H](O)[C@@H]1NC(=O)[C@H](CCCCNC(=O)OC(C)(C)C)NC(=O)[C@@H](CC2=CCc3ccccc32)NC(=O)[C@H](Cc2ccc(O)cc2)CC(=O)[C@@H](NC(=O)[C@@H](Cc2ccccc2)NC(=O)NCc2ccccc2)CSSC[C@@H](C(=O)O)NC1=O. The van der Waals surface area contributed by atoms with E-state index < -0.39 is 114 Å². The normalized spacial score (nSPS) is 21.0. The number of urea groups is 1. The number of aliphatic hydroxyl groups excluding tert-OH is 1. The first-order chi connectivity index (χ1) is 39.6. The van der Waals surface area contributed by atoms with E-state index in [2.05, 4.69) is 42.5 Å². The highest BCUT2D eigenvalue weighted by molar-refractivity contribution is 8.76. The van der Waals surface area contributed by atoms with Gasteiger partial charge in [-0.15, -0.1) is 0 Å². The Balaban J connectivity index is 1.36. The molecule has 0 aromatic heterocycles. The lowest BCUT2D eigenvalue weighted by Crippen LogP contribution is -2.60. The third kappa shape index (κ3) is 21.1. The van der Waals surface area contributed by atoms with E-state index >= 15 is 4.79 Å². The molecule has 1 heterocycles. The van der Waals surface area contributed by atoms with Crippen LogP contribution in [0.15, 0.2) is 115 Å². The monoisotopic (exact) mass is 1180 g/mol. The number of amides is 8. The van der Waals surface area contributed by atoms with E-state index in [1.165, 1.54) is 19.1 Å². The zero-order valence-corrected chi connectivity index (χ0v) is 48.4. The smallest absolute Gasteiger partial charge is 0.407 e. The molecule has 11 N–H and O–H groups in total. The Kier molecular flexibility index (Phi) is 24.4. The number of phenolic OH excluding ortho intramolecular Hbond substituents is 1. The zero-order valence-electron chi connectivity index (χ0n) is 46.8. The van der Waals surface area contributed by atoms with E-state index in [0.29, 0.717) is 29.5 Å². The van der Waals surface area contributed by atoms with Gasteiger partial charge in [0.1, 0.15) is 41.6 Å². The molecule has 23 heteroatoms. The Labute approximate surface area is 490 Å². The number of fused-ring (bicyclic) bond motifs is 1. The highest BCUT2D eigenvalue weighted by atomic mass is 33.1. The number of allylic oxidation sites excluding steroid dienone is 1. The van der Waals surface area contributed by atoms with Gasteiger partial charge >= 0.3 is 18.1 Å². The number of ether oxygens (including phenoxy) is 1. The van der Waals surface area contributed by atoms with Crippen LogP contribution in [0.25, 0.3) is 5.57 Å². The predicted molar refractivity (Wildman–Crippen MR) is 315 cm³/mol. The number of rotatable bonds is 18. The average molecular weight is 1180 g/mol. The zero-order chi connectivity index (χ0) is 60.1. The summed E-state index contributed by atoms with van der Waals surface area (Å²) in [6, 6.07) is 22.1. The molecule has 2 aliphatic rings. The van der Waals surface area contributed by atoms with Gasteiger partial charge in [-0.3, -0.25) is 28.8 Å². The Hall–Kier alpha value is -7.89. The van der Waals surface area contributed by atoms with Crippen LogP contribution in [0.3, 0.4) is 0 Å². The standard InChI is InChI=1S/C60H74N8O13S2/c1-36(69)51-56(76)66-49(57(77)78)35-83-82-34-48(65-54(74)46(30-37-15-7-5-8-16-37)67-58(79)62-33-39-17-9-6-10-18-39)50(71)32-42(29-38-22-26-43(70)27-23-38)52(72)64-47(31-41-25-24-40-19-11-12-20-44(40)41)55(75)63-45(53(73)68-51)21-13-14-28-61-59(80)81-60(2,3)4/h5-12,15-20,22-23,25-27,36,42,45-49,51,69-70H,13-14,21,24,28-35H2,1-4H3,(H,61,80)(H,63,75)(H,64,72)(H,65,74)(H,66,76)(H,68,73)(H,77,78)(H2,62,67,79)/t36-,42-,45+,46-,47-,48+,49+,51+/m1/s1. The number of alkyl carbamates (subject to hydrolysis) is 1. The number of carboxylic acids is 1. The van der Waals surface area contributed by atoms with Crippen LogP contribution >= 0.6 is 21.6 Å². The lowest BCUT2D eigenvalue weighted by Gasteiger charge is -2.28. The van der Waals surface area contributed by atoms with Gasteiger partial charge in [-0.2, -0.15) is 0 Å². The average Bonchev–Trinajstić information content (AvgIpc) is 4.11. The fourth-order valence-corrected chi connectivity index (χ4v) is 11.6. The molecule has 0 saturated carbocycles. The number of aliphatic hydroxyl groups is 1. The lowest BCUT2D eigenvalue weighted by molar-refractivity contribution is -0.142. The van der Waals surface area contributed by atoms with Gasteiger partial charge in [0, 0.05) is 49.8 Å². The fourth-order valence-electron chi connectivity index (χ4n) is 9.21. The van der Waals surface area contributed by atoms with Crippen molar-refractivity contribution >= 4 is 80.6 Å². The van der Waals surface area contributed by atoms with Gasteiger partial charge in [-0.1, -0.05) is 125 Å². The second kappa shape index (κ2) is 31.5. The van der Waals surface area contributed by atoms with Crippen LogP contribution in [0.2, 0.25) is 0 Å². The Bertz CT molecular complexity index is 2930. The summed E-state index contributed by atoms with van der Waals surface area (Å²) in [5.41, 5.74) is 3.76.